The Morgan fingerprint density at radius 1 is 1.50 bits per heavy atom. The van der Waals surface area contributed by atoms with Crippen LogP contribution in [0.5, 0.6) is 0 Å². The quantitative estimate of drug-likeness (QED) is 0.503. The van der Waals surface area contributed by atoms with Gasteiger partial charge in [-0.3, -0.25) is 4.79 Å². The Morgan fingerprint density at radius 3 is 2.75 bits per heavy atom. The second kappa shape index (κ2) is 3.34. The van der Waals surface area contributed by atoms with Gasteiger partial charge < -0.3 is 5.73 Å². The summed E-state index contributed by atoms with van der Waals surface area (Å²) in [5, 5.41) is 10.9. The number of nitrogens with zero attached hydrogens (tertiary/aromatic N) is 2. The summed E-state index contributed by atoms with van der Waals surface area (Å²) in [5.74, 6) is -0.568. The number of nitrogens with two attached hydrogens (primary N) is 1. The first-order valence-electron chi connectivity index (χ1n) is 3.24. The number of para-hydroxylation sites is 1. The number of anilines is 1. The summed E-state index contributed by atoms with van der Waals surface area (Å²) >= 11 is 0. The Kier molecular flexibility index (Phi) is 2.23. The third-order valence-electron chi connectivity index (χ3n) is 1.36. The van der Waals surface area contributed by atoms with E-state index in [0.717, 1.165) is 0 Å². The molecule has 1 aromatic rings. The van der Waals surface area contributed by atoms with Crippen LogP contribution in [0.2, 0.25) is 0 Å². The number of diazo groups is 1. The molecule has 1 rings (SSSR count). The van der Waals surface area contributed by atoms with Crippen molar-refractivity contribution in [2.24, 2.45) is 5.73 Å². The molecule has 0 saturated carbocycles. The first-order chi connectivity index (χ1) is 5.75. The molecule has 60 valence electrons. The van der Waals surface area contributed by atoms with Crippen molar-refractivity contribution < 1.29 is 4.79 Å². The van der Waals surface area contributed by atoms with E-state index in [4.69, 9.17) is 11.1 Å². The highest BCUT2D eigenvalue weighted by molar-refractivity contribution is 5.98. The van der Waals surface area contributed by atoms with E-state index in [1.807, 2.05) is 0 Å². The third kappa shape index (κ3) is 1.49. The van der Waals surface area contributed by atoms with Crippen molar-refractivity contribution in [1.29, 1.82) is 5.39 Å². The van der Waals surface area contributed by atoms with Crippen LogP contribution in [0.25, 0.3) is 5.08 Å². The average Bonchev–Trinajstić information content (AvgIpc) is 2.05. The fourth-order valence-electron chi connectivity index (χ4n) is 0.849. The van der Waals surface area contributed by atoms with Crippen molar-refractivity contribution in [2.75, 3.05) is 5.43 Å². The number of carbonyl (C=O) groups excluding carboxylic acids is 1. The Balaban J connectivity index is 3.10. The van der Waals surface area contributed by atoms with Gasteiger partial charge in [-0.1, -0.05) is 12.1 Å². The van der Waals surface area contributed by atoms with Crippen LogP contribution in [0.1, 0.15) is 10.4 Å². The Morgan fingerprint density at radius 2 is 2.17 bits per heavy atom. The first kappa shape index (κ1) is 8.01. The molecule has 0 aliphatic heterocycles. The van der Waals surface area contributed by atoms with Gasteiger partial charge in [0.05, 0.1) is 5.56 Å². The van der Waals surface area contributed by atoms with Crippen molar-refractivity contribution in [2.45, 2.75) is 0 Å². The van der Waals surface area contributed by atoms with E-state index < -0.39 is 5.91 Å². The van der Waals surface area contributed by atoms with E-state index in [9.17, 15) is 4.79 Å². The van der Waals surface area contributed by atoms with Gasteiger partial charge in [0, 0.05) is 0 Å². The number of hydrogen-bond acceptors (Lipinski definition) is 3. The maximum atomic E-state index is 10.8. The van der Waals surface area contributed by atoms with Crippen LogP contribution >= 0.6 is 0 Å². The van der Waals surface area contributed by atoms with Crippen molar-refractivity contribution >= 4 is 11.6 Å². The fourth-order valence-corrected chi connectivity index (χ4v) is 0.849. The first-order valence-corrected chi connectivity index (χ1v) is 3.24. The van der Waals surface area contributed by atoms with Crippen molar-refractivity contribution in [1.82, 2.24) is 0 Å². The molecule has 3 N–H and O–H groups in total. The zero-order valence-electron chi connectivity index (χ0n) is 6.19. The molecule has 1 amide bonds. The molecular formula is C7H7N4O+. The lowest BCUT2D eigenvalue weighted by molar-refractivity contribution is 0.100. The lowest BCUT2D eigenvalue weighted by Gasteiger charge is -1.96. The Hall–Kier alpha value is -2.09. The average molecular weight is 163 g/mol. The highest BCUT2D eigenvalue weighted by Crippen LogP contribution is 2.13. The molecule has 0 aliphatic carbocycles. The molecule has 0 bridgehead atoms. The molecule has 0 radical (unpaired) electrons. The minimum absolute atomic E-state index is 0.287. The SMILES string of the molecule is N#[N+]Nc1ccccc1C(N)=O. The molecular weight excluding hydrogens is 156 g/mol. The third-order valence-corrected chi connectivity index (χ3v) is 1.36. The number of hydrogen-bond donors (Lipinski definition) is 2. The highest BCUT2D eigenvalue weighted by atomic mass is 16.1. The van der Waals surface area contributed by atoms with Crippen LogP contribution in [0.15, 0.2) is 24.3 Å². The van der Waals surface area contributed by atoms with E-state index in [2.05, 4.69) is 10.5 Å². The smallest absolute Gasteiger partial charge is 0.308 e. The van der Waals surface area contributed by atoms with Gasteiger partial charge in [0.25, 0.3) is 11.3 Å². The van der Waals surface area contributed by atoms with Gasteiger partial charge in [-0.25, -0.2) is 0 Å². The Bertz CT molecular complexity index is 342. The van der Waals surface area contributed by atoms with Crippen molar-refractivity contribution in [3.63, 3.8) is 0 Å². The zero-order valence-corrected chi connectivity index (χ0v) is 6.19. The zero-order chi connectivity index (χ0) is 8.97. The van der Waals surface area contributed by atoms with E-state index in [0.29, 0.717) is 5.69 Å². The number of amides is 1. The largest absolute Gasteiger partial charge is 0.366 e. The van der Waals surface area contributed by atoms with Crippen LogP contribution in [0.3, 0.4) is 0 Å². The van der Waals surface area contributed by atoms with E-state index in [1.54, 1.807) is 18.2 Å². The molecule has 0 saturated heterocycles. The van der Waals surface area contributed by atoms with E-state index >= 15 is 0 Å². The standard InChI is InChI=1S/C7H6N4O/c8-7(12)5-3-1-2-4-6(5)10-11-9/h1-4H,(H2-,8,10,12)/p+1. The Labute approximate surface area is 68.8 Å². The highest BCUT2D eigenvalue weighted by Gasteiger charge is 2.09. The van der Waals surface area contributed by atoms with Gasteiger partial charge in [0.2, 0.25) is 0 Å². The molecule has 0 atom stereocenters. The predicted molar refractivity (Wildman–Crippen MR) is 43.7 cm³/mol. The molecule has 0 spiro atoms. The summed E-state index contributed by atoms with van der Waals surface area (Å²) < 4.78 is 0. The molecule has 5 heteroatoms. The maximum Gasteiger partial charge on any atom is 0.308 e. The van der Waals surface area contributed by atoms with E-state index in [1.165, 1.54) is 6.07 Å². The van der Waals surface area contributed by atoms with Crippen LogP contribution < -0.4 is 11.2 Å². The van der Waals surface area contributed by atoms with Gasteiger partial charge in [-0.05, 0) is 17.6 Å². The lowest BCUT2D eigenvalue weighted by atomic mass is 10.2. The molecule has 0 aromatic heterocycles. The molecule has 0 aliphatic rings. The summed E-state index contributed by atoms with van der Waals surface area (Å²) in [5.41, 5.74) is 7.95. The van der Waals surface area contributed by atoms with Crippen molar-refractivity contribution in [3.05, 3.63) is 34.9 Å². The van der Waals surface area contributed by atoms with Crippen LogP contribution in [0, 0.1) is 5.39 Å². The van der Waals surface area contributed by atoms with Gasteiger partial charge in [0.1, 0.15) is 5.69 Å². The predicted octanol–water partition coefficient (Wildman–Crippen LogP) is 0.965. The molecule has 12 heavy (non-hydrogen) atoms. The number of nitrogens with one attached hydrogen (secondary N) is 1. The minimum atomic E-state index is -0.568. The maximum absolute atomic E-state index is 10.8. The summed E-state index contributed by atoms with van der Waals surface area (Å²) in [6.45, 7) is 0. The summed E-state index contributed by atoms with van der Waals surface area (Å²) in [6.07, 6.45) is 0. The number of benzene rings is 1. The second-order valence-electron chi connectivity index (χ2n) is 2.12. The van der Waals surface area contributed by atoms with Gasteiger partial charge >= 0.3 is 5.08 Å². The number of carbonyl (C=O) groups is 1. The van der Waals surface area contributed by atoms with Gasteiger partial charge in [-0.2, -0.15) is 0 Å². The minimum Gasteiger partial charge on any atom is -0.366 e. The number of primary amides is 1. The summed E-state index contributed by atoms with van der Waals surface area (Å²) in [4.78, 5) is 10.8. The van der Waals surface area contributed by atoms with Crippen LogP contribution in [-0.2, 0) is 0 Å². The van der Waals surface area contributed by atoms with Crippen molar-refractivity contribution in [3.8, 4) is 0 Å². The molecule has 5 nitrogen and oxygen atoms in total. The van der Waals surface area contributed by atoms with Gasteiger partial charge in [0.15, 0.2) is 0 Å². The molecule has 0 fully saturated rings. The normalized spacial score (nSPS) is 8.58. The van der Waals surface area contributed by atoms with Crippen LogP contribution in [0.4, 0.5) is 5.69 Å². The van der Waals surface area contributed by atoms with Gasteiger partial charge in [-0.15, -0.1) is 0 Å². The number of rotatable bonds is 2. The topological polar surface area (TPSA) is 83.3 Å². The molecule has 0 unspecified atom stereocenters. The van der Waals surface area contributed by atoms with E-state index in [-0.39, 0.29) is 5.56 Å². The molecule has 0 heterocycles. The fraction of sp³-hybridized carbons (Fsp3) is 0. The summed E-state index contributed by atoms with van der Waals surface area (Å²) in [7, 11) is 0. The molecule has 1 aromatic carbocycles. The van der Waals surface area contributed by atoms with Crippen LogP contribution in [-0.4, -0.2) is 5.91 Å². The second-order valence-corrected chi connectivity index (χ2v) is 2.12. The lowest BCUT2D eigenvalue weighted by Crippen LogP contribution is -2.12. The summed E-state index contributed by atoms with van der Waals surface area (Å²) in [6, 6.07) is 6.48. The monoisotopic (exact) mass is 163 g/mol.